The minimum absolute atomic E-state index is 0.0288. The highest BCUT2D eigenvalue weighted by atomic mass is 79.9. The molecule has 0 unspecified atom stereocenters. The predicted molar refractivity (Wildman–Crippen MR) is 128 cm³/mol. The summed E-state index contributed by atoms with van der Waals surface area (Å²) >= 11 is 3.38. The monoisotopic (exact) mass is 480 g/mol. The number of ether oxygens (including phenoxy) is 1. The molecule has 0 atom stereocenters. The van der Waals surface area contributed by atoms with Crippen LogP contribution < -0.4 is 15.4 Å². The molecule has 0 fully saturated rings. The first kappa shape index (κ1) is 22.6. The van der Waals surface area contributed by atoms with Crippen LogP contribution in [0.1, 0.15) is 47.1 Å². The van der Waals surface area contributed by atoms with Gasteiger partial charge in [-0.1, -0.05) is 39.0 Å². The third-order valence-electron chi connectivity index (χ3n) is 4.81. The zero-order valence-corrected chi connectivity index (χ0v) is 19.5. The lowest BCUT2D eigenvalue weighted by Crippen LogP contribution is -2.15. The molecule has 2 amide bonds. The molecule has 0 spiro atoms. The molecule has 0 aliphatic carbocycles. The maximum atomic E-state index is 12.6. The Balaban J connectivity index is 1.69. The van der Waals surface area contributed by atoms with Crippen LogP contribution in [0.25, 0.3) is 0 Å². The molecule has 31 heavy (non-hydrogen) atoms. The molecule has 0 heterocycles. The Morgan fingerprint density at radius 2 is 1.35 bits per heavy atom. The highest BCUT2D eigenvalue weighted by Gasteiger charge is 2.15. The van der Waals surface area contributed by atoms with Crippen LogP contribution in [0.5, 0.6) is 5.75 Å². The van der Waals surface area contributed by atoms with Gasteiger partial charge in [0.2, 0.25) is 0 Å². The maximum absolute atomic E-state index is 12.6. The molecule has 0 radical (unpaired) electrons. The second kappa shape index (κ2) is 9.35. The van der Waals surface area contributed by atoms with Crippen LogP contribution in [-0.4, -0.2) is 18.9 Å². The van der Waals surface area contributed by atoms with Crippen LogP contribution >= 0.6 is 15.9 Å². The van der Waals surface area contributed by atoms with Gasteiger partial charge in [0.1, 0.15) is 5.75 Å². The molecule has 0 saturated carbocycles. The van der Waals surface area contributed by atoms with E-state index in [-0.39, 0.29) is 17.2 Å². The summed E-state index contributed by atoms with van der Waals surface area (Å²) < 4.78 is 5.89. The Kier molecular flexibility index (Phi) is 6.81. The van der Waals surface area contributed by atoms with E-state index < -0.39 is 0 Å². The summed E-state index contributed by atoms with van der Waals surface area (Å²) in [7, 11) is 1.57. The van der Waals surface area contributed by atoms with Gasteiger partial charge in [0.05, 0.1) is 11.6 Å². The van der Waals surface area contributed by atoms with Crippen molar-refractivity contribution in [3.63, 3.8) is 0 Å². The lowest BCUT2D eigenvalue weighted by Gasteiger charge is -2.19. The second-order valence-electron chi connectivity index (χ2n) is 8.17. The van der Waals surface area contributed by atoms with Gasteiger partial charge in [-0.3, -0.25) is 9.59 Å². The van der Waals surface area contributed by atoms with Crippen molar-refractivity contribution in [3.05, 3.63) is 87.9 Å². The fourth-order valence-electron chi connectivity index (χ4n) is 3.01. The summed E-state index contributed by atoms with van der Waals surface area (Å²) in [6, 6.07) is 19.7. The molecule has 3 aromatic rings. The zero-order valence-electron chi connectivity index (χ0n) is 18.0. The minimum atomic E-state index is -0.260. The van der Waals surface area contributed by atoms with Crippen LogP contribution in [0.4, 0.5) is 11.4 Å². The summed E-state index contributed by atoms with van der Waals surface area (Å²) in [4.78, 5) is 25.2. The average molecular weight is 481 g/mol. The van der Waals surface area contributed by atoms with E-state index in [4.69, 9.17) is 4.74 Å². The molecular formula is C25H25BrN2O3. The first-order valence-corrected chi connectivity index (χ1v) is 10.6. The van der Waals surface area contributed by atoms with Crippen molar-refractivity contribution in [3.8, 4) is 5.75 Å². The van der Waals surface area contributed by atoms with Crippen LogP contribution in [0, 0.1) is 0 Å². The highest BCUT2D eigenvalue weighted by Crippen LogP contribution is 2.26. The van der Waals surface area contributed by atoms with E-state index in [0.717, 1.165) is 0 Å². The topological polar surface area (TPSA) is 67.4 Å². The molecule has 0 aliphatic heterocycles. The number of hydrogen-bond donors (Lipinski definition) is 2. The molecule has 0 saturated heterocycles. The van der Waals surface area contributed by atoms with Gasteiger partial charge in [-0.05, 0) is 75.4 Å². The van der Waals surface area contributed by atoms with Crippen molar-refractivity contribution in [2.75, 3.05) is 17.7 Å². The Morgan fingerprint density at radius 1 is 0.806 bits per heavy atom. The lowest BCUT2D eigenvalue weighted by molar-refractivity contribution is 0.101. The fraction of sp³-hybridized carbons (Fsp3) is 0.200. The summed E-state index contributed by atoms with van der Waals surface area (Å²) in [5.74, 6) is 0.185. The molecule has 3 aromatic carbocycles. The van der Waals surface area contributed by atoms with E-state index >= 15 is 0 Å². The van der Waals surface area contributed by atoms with E-state index in [1.165, 1.54) is 5.56 Å². The number of anilines is 2. The van der Waals surface area contributed by atoms with Crippen LogP contribution in [-0.2, 0) is 5.41 Å². The van der Waals surface area contributed by atoms with E-state index in [2.05, 4.69) is 47.3 Å². The van der Waals surface area contributed by atoms with Gasteiger partial charge in [-0.2, -0.15) is 0 Å². The number of nitrogens with one attached hydrogen (secondary N) is 2. The number of benzene rings is 3. The number of amides is 2. The Bertz CT molecular complexity index is 1100. The fourth-order valence-corrected chi connectivity index (χ4v) is 3.55. The molecule has 5 nitrogen and oxygen atoms in total. The van der Waals surface area contributed by atoms with Crippen LogP contribution in [0.2, 0.25) is 0 Å². The lowest BCUT2D eigenvalue weighted by atomic mass is 9.87. The van der Waals surface area contributed by atoms with E-state index in [9.17, 15) is 9.59 Å². The number of carbonyl (C=O) groups is 2. The largest absolute Gasteiger partial charge is 0.496 e. The Labute approximate surface area is 191 Å². The predicted octanol–water partition coefficient (Wildman–Crippen LogP) is 6.26. The third-order valence-corrected chi connectivity index (χ3v) is 5.43. The quantitative estimate of drug-likeness (QED) is 0.452. The van der Waals surface area contributed by atoms with Crippen LogP contribution in [0.3, 0.4) is 0 Å². The summed E-state index contributed by atoms with van der Waals surface area (Å²) in [5, 5.41) is 5.73. The Morgan fingerprint density at radius 3 is 1.87 bits per heavy atom. The van der Waals surface area contributed by atoms with Gasteiger partial charge < -0.3 is 15.4 Å². The van der Waals surface area contributed by atoms with Crippen molar-refractivity contribution >= 4 is 39.1 Å². The highest BCUT2D eigenvalue weighted by molar-refractivity contribution is 9.10. The third kappa shape index (κ3) is 5.73. The number of rotatable bonds is 5. The molecule has 2 N–H and O–H groups in total. The van der Waals surface area contributed by atoms with Gasteiger partial charge in [0.15, 0.2) is 0 Å². The summed E-state index contributed by atoms with van der Waals surface area (Å²) in [5.41, 5.74) is 3.43. The number of hydrogen-bond acceptors (Lipinski definition) is 3. The molecule has 160 valence electrons. The van der Waals surface area contributed by atoms with Gasteiger partial charge in [-0.15, -0.1) is 0 Å². The Hall–Kier alpha value is -3.12. The first-order chi connectivity index (χ1) is 14.7. The second-order valence-corrected chi connectivity index (χ2v) is 9.02. The average Bonchev–Trinajstić information content (AvgIpc) is 2.73. The number of halogens is 1. The minimum Gasteiger partial charge on any atom is -0.496 e. The SMILES string of the molecule is COc1ccc(C(=O)Nc2cccc(NC(=O)c3ccc(C(C)(C)C)cc3)c2)cc1Br. The van der Waals surface area contributed by atoms with Crippen LogP contribution in [0.15, 0.2) is 71.2 Å². The van der Waals surface area contributed by atoms with E-state index in [1.54, 1.807) is 49.6 Å². The molecule has 0 aliphatic rings. The number of carbonyl (C=O) groups excluding carboxylic acids is 2. The zero-order chi connectivity index (χ0) is 22.6. The maximum Gasteiger partial charge on any atom is 0.255 e. The summed E-state index contributed by atoms with van der Waals surface area (Å²) in [6.45, 7) is 6.39. The summed E-state index contributed by atoms with van der Waals surface area (Å²) in [6.07, 6.45) is 0. The molecule has 0 aromatic heterocycles. The van der Waals surface area contributed by atoms with Gasteiger partial charge in [-0.25, -0.2) is 0 Å². The molecule has 0 bridgehead atoms. The van der Waals surface area contributed by atoms with Crippen molar-refractivity contribution < 1.29 is 14.3 Å². The van der Waals surface area contributed by atoms with Gasteiger partial charge in [0, 0.05) is 22.5 Å². The first-order valence-electron chi connectivity index (χ1n) is 9.84. The van der Waals surface area contributed by atoms with Crippen molar-refractivity contribution in [1.29, 1.82) is 0 Å². The van der Waals surface area contributed by atoms with E-state index in [0.29, 0.717) is 32.7 Å². The molecule has 6 heteroatoms. The normalized spacial score (nSPS) is 11.0. The standard InChI is InChI=1S/C25H25BrN2O3/c1-25(2,3)18-11-8-16(9-12-18)23(29)27-19-6-5-7-20(15-19)28-24(30)17-10-13-22(31-4)21(26)14-17/h5-15H,1-4H3,(H,27,29)(H,28,30). The van der Waals surface area contributed by atoms with Gasteiger partial charge >= 0.3 is 0 Å². The van der Waals surface area contributed by atoms with E-state index in [1.807, 2.05) is 24.3 Å². The molecule has 3 rings (SSSR count). The van der Waals surface area contributed by atoms with Crippen molar-refractivity contribution in [2.24, 2.45) is 0 Å². The van der Waals surface area contributed by atoms with Crippen molar-refractivity contribution in [1.82, 2.24) is 0 Å². The molecular weight excluding hydrogens is 456 g/mol. The number of methoxy groups -OCH3 is 1. The van der Waals surface area contributed by atoms with Gasteiger partial charge in [0.25, 0.3) is 11.8 Å². The van der Waals surface area contributed by atoms with Crippen molar-refractivity contribution in [2.45, 2.75) is 26.2 Å². The smallest absolute Gasteiger partial charge is 0.255 e.